The number of pyridine rings is 1. The molecule has 1 unspecified atom stereocenters. The van der Waals surface area contributed by atoms with Crippen LogP contribution in [0.15, 0.2) is 42.6 Å². The van der Waals surface area contributed by atoms with E-state index in [2.05, 4.69) is 40.6 Å². The van der Waals surface area contributed by atoms with E-state index in [9.17, 15) is 0 Å². The predicted molar refractivity (Wildman–Crippen MR) is 120 cm³/mol. The molecule has 1 saturated heterocycles. The minimum absolute atomic E-state index is 0.0389. The molecule has 0 spiro atoms. The van der Waals surface area contributed by atoms with Gasteiger partial charge in [-0.3, -0.25) is 9.36 Å². The Kier molecular flexibility index (Phi) is 5.07. The van der Waals surface area contributed by atoms with Gasteiger partial charge in [-0.15, -0.1) is 0 Å². The normalized spacial score (nSPS) is 16.5. The SMILES string of the molecule is Cc1cccc(-c2cc(Nc3cc(OC4CCCOC4)c4cnn(C)c4n3)n(C)n2)c1. The lowest BCUT2D eigenvalue weighted by atomic mass is 10.1. The topological polar surface area (TPSA) is 79.0 Å². The number of hydrogen-bond acceptors (Lipinski definition) is 6. The van der Waals surface area contributed by atoms with E-state index in [-0.39, 0.29) is 6.10 Å². The summed E-state index contributed by atoms with van der Waals surface area (Å²) in [4.78, 5) is 4.76. The molecule has 1 aromatic carbocycles. The molecule has 160 valence electrons. The van der Waals surface area contributed by atoms with Crippen LogP contribution in [0, 0.1) is 6.92 Å². The largest absolute Gasteiger partial charge is 0.487 e. The minimum Gasteiger partial charge on any atom is -0.487 e. The fraction of sp³-hybridized carbons (Fsp3) is 0.348. The Morgan fingerprint density at radius 3 is 2.87 bits per heavy atom. The minimum atomic E-state index is 0.0389. The Hall–Kier alpha value is -3.39. The highest BCUT2D eigenvalue weighted by Gasteiger charge is 2.19. The number of ether oxygens (including phenoxy) is 2. The quantitative estimate of drug-likeness (QED) is 0.528. The Balaban J connectivity index is 1.47. The molecule has 8 heteroatoms. The fourth-order valence-electron chi connectivity index (χ4n) is 3.89. The second-order valence-electron chi connectivity index (χ2n) is 8.00. The maximum absolute atomic E-state index is 6.30. The van der Waals surface area contributed by atoms with Gasteiger partial charge < -0.3 is 14.8 Å². The van der Waals surface area contributed by atoms with Gasteiger partial charge >= 0.3 is 0 Å². The van der Waals surface area contributed by atoms with Crippen molar-refractivity contribution in [2.24, 2.45) is 14.1 Å². The third kappa shape index (κ3) is 3.98. The number of aryl methyl sites for hydroxylation is 3. The summed E-state index contributed by atoms with van der Waals surface area (Å²) in [6.07, 6.45) is 3.82. The van der Waals surface area contributed by atoms with Crippen LogP contribution in [-0.4, -0.2) is 43.9 Å². The van der Waals surface area contributed by atoms with Crippen molar-refractivity contribution in [3.63, 3.8) is 0 Å². The second kappa shape index (κ2) is 8.03. The fourth-order valence-corrected chi connectivity index (χ4v) is 3.89. The van der Waals surface area contributed by atoms with Crippen LogP contribution < -0.4 is 10.1 Å². The van der Waals surface area contributed by atoms with Crippen molar-refractivity contribution in [2.75, 3.05) is 18.5 Å². The molecule has 1 aliphatic rings. The maximum Gasteiger partial charge on any atom is 0.163 e. The molecule has 0 saturated carbocycles. The molecular formula is C23H26N6O2. The summed E-state index contributed by atoms with van der Waals surface area (Å²) < 4.78 is 15.5. The first-order valence-corrected chi connectivity index (χ1v) is 10.5. The predicted octanol–water partition coefficient (Wildman–Crippen LogP) is 3.98. The highest BCUT2D eigenvalue weighted by Crippen LogP contribution is 2.31. The number of fused-ring (bicyclic) bond motifs is 1. The van der Waals surface area contributed by atoms with Gasteiger partial charge in [-0.25, -0.2) is 4.98 Å². The van der Waals surface area contributed by atoms with E-state index in [1.54, 1.807) is 10.9 Å². The van der Waals surface area contributed by atoms with Crippen LogP contribution in [0.1, 0.15) is 18.4 Å². The number of anilines is 2. The van der Waals surface area contributed by atoms with E-state index in [1.165, 1.54) is 5.56 Å². The van der Waals surface area contributed by atoms with Crippen molar-refractivity contribution >= 4 is 22.7 Å². The molecule has 0 bridgehead atoms. The molecule has 8 nitrogen and oxygen atoms in total. The average Bonchev–Trinajstić information content (AvgIpc) is 3.32. The summed E-state index contributed by atoms with van der Waals surface area (Å²) in [6.45, 7) is 3.49. The second-order valence-corrected chi connectivity index (χ2v) is 8.00. The zero-order valence-corrected chi connectivity index (χ0v) is 18.0. The van der Waals surface area contributed by atoms with Crippen molar-refractivity contribution in [1.82, 2.24) is 24.5 Å². The first-order chi connectivity index (χ1) is 15.1. The van der Waals surface area contributed by atoms with Crippen molar-refractivity contribution in [2.45, 2.75) is 25.9 Å². The Labute approximate surface area is 180 Å². The Morgan fingerprint density at radius 1 is 1.16 bits per heavy atom. The molecule has 4 heterocycles. The van der Waals surface area contributed by atoms with Gasteiger partial charge in [0.05, 0.1) is 23.9 Å². The molecule has 5 rings (SSSR count). The highest BCUT2D eigenvalue weighted by atomic mass is 16.5. The summed E-state index contributed by atoms with van der Waals surface area (Å²) in [5.74, 6) is 2.29. The molecule has 3 aromatic heterocycles. The lowest BCUT2D eigenvalue weighted by molar-refractivity contribution is 0.00809. The summed E-state index contributed by atoms with van der Waals surface area (Å²) in [5, 5.41) is 13.3. The zero-order chi connectivity index (χ0) is 21.4. The summed E-state index contributed by atoms with van der Waals surface area (Å²) in [6, 6.07) is 12.3. The van der Waals surface area contributed by atoms with Gasteiger partial charge in [-0.05, 0) is 25.8 Å². The van der Waals surface area contributed by atoms with E-state index in [0.717, 1.165) is 53.3 Å². The molecule has 0 amide bonds. The number of nitrogens with one attached hydrogen (secondary N) is 1. The van der Waals surface area contributed by atoms with Crippen molar-refractivity contribution in [3.05, 3.63) is 48.2 Å². The third-order valence-electron chi connectivity index (χ3n) is 5.53. The van der Waals surface area contributed by atoms with Crippen molar-refractivity contribution in [1.29, 1.82) is 0 Å². The van der Waals surface area contributed by atoms with Crippen LogP contribution in [0.2, 0.25) is 0 Å². The lowest BCUT2D eigenvalue weighted by Crippen LogP contribution is -2.28. The molecular weight excluding hydrogens is 392 g/mol. The molecule has 1 fully saturated rings. The molecule has 4 aromatic rings. The summed E-state index contributed by atoms with van der Waals surface area (Å²) >= 11 is 0. The van der Waals surface area contributed by atoms with Gasteiger partial charge in [0.2, 0.25) is 0 Å². The highest BCUT2D eigenvalue weighted by molar-refractivity contribution is 5.84. The summed E-state index contributed by atoms with van der Waals surface area (Å²) in [7, 11) is 3.80. The van der Waals surface area contributed by atoms with Crippen LogP contribution in [0.3, 0.4) is 0 Å². The van der Waals surface area contributed by atoms with Crippen molar-refractivity contribution in [3.8, 4) is 17.0 Å². The zero-order valence-electron chi connectivity index (χ0n) is 18.0. The molecule has 31 heavy (non-hydrogen) atoms. The van der Waals surface area contributed by atoms with E-state index < -0.39 is 0 Å². The van der Waals surface area contributed by atoms with Gasteiger partial charge in [0, 0.05) is 38.4 Å². The van der Waals surface area contributed by atoms with E-state index in [0.29, 0.717) is 12.4 Å². The molecule has 0 aliphatic carbocycles. The molecule has 1 aliphatic heterocycles. The molecule has 1 N–H and O–H groups in total. The third-order valence-corrected chi connectivity index (χ3v) is 5.53. The Bertz CT molecular complexity index is 1220. The van der Waals surface area contributed by atoms with Crippen LogP contribution in [-0.2, 0) is 18.8 Å². The molecule has 0 radical (unpaired) electrons. The monoisotopic (exact) mass is 418 g/mol. The average molecular weight is 419 g/mol. The standard InChI is InChI=1S/C23H26N6O2/c1-15-6-4-7-16(10-15)19-11-22(28(2)27-19)25-21-12-20(31-17-8-5-9-30-14-17)18-13-24-29(3)23(18)26-21/h4,6-7,10-13,17H,5,8-9,14H2,1-3H3,(H,25,26). The van der Waals surface area contributed by atoms with Crippen molar-refractivity contribution < 1.29 is 9.47 Å². The van der Waals surface area contributed by atoms with Crippen LogP contribution in [0.4, 0.5) is 11.6 Å². The van der Waals surface area contributed by atoms with Gasteiger partial charge in [-0.2, -0.15) is 10.2 Å². The van der Waals surface area contributed by atoms with E-state index in [4.69, 9.17) is 14.5 Å². The Morgan fingerprint density at radius 2 is 2.06 bits per heavy atom. The first-order valence-electron chi connectivity index (χ1n) is 10.5. The number of aromatic nitrogens is 5. The maximum atomic E-state index is 6.30. The number of benzene rings is 1. The van der Waals surface area contributed by atoms with E-state index >= 15 is 0 Å². The van der Waals surface area contributed by atoms with Gasteiger partial charge in [0.15, 0.2) is 5.65 Å². The number of nitrogens with zero attached hydrogens (tertiary/aromatic N) is 5. The lowest BCUT2D eigenvalue weighted by Gasteiger charge is -2.23. The smallest absolute Gasteiger partial charge is 0.163 e. The van der Waals surface area contributed by atoms with Gasteiger partial charge in [0.1, 0.15) is 23.5 Å². The number of rotatable bonds is 5. The summed E-state index contributed by atoms with van der Waals surface area (Å²) in [5.41, 5.74) is 3.96. The van der Waals surface area contributed by atoms with Crippen LogP contribution in [0.5, 0.6) is 5.75 Å². The van der Waals surface area contributed by atoms with Crippen LogP contribution in [0.25, 0.3) is 22.3 Å². The van der Waals surface area contributed by atoms with Crippen LogP contribution >= 0.6 is 0 Å². The number of hydrogen-bond donors (Lipinski definition) is 1. The van der Waals surface area contributed by atoms with Gasteiger partial charge in [-0.1, -0.05) is 23.8 Å². The van der Waals surface area contributed by atoms with E-state index in [1.807, 2.05) is 37.0 Å². The first kappa shape index (κ1) is 19.6. The van der Waals surface area contributed by atoms with Gasteiger partial charge in [0.25, 0.3) is 0 Å². The molecule has 1 atom stereocenters.